The average Bonchev–Trinajstić information content (AvgIpc) is 2.54. The van der Waals surface area contributed by atoms with Crippen LogP contribution in [0.25, 0.3) is 22.3 Å². The van der Waals surface area contributed by atoms with E-state index in [9.17, 15) is 15.0 Å². The molecule has 1 heterocycles. The maximum Gasteiger partial charge on any atom is 0.204 e. The highest BCUT2D eigenvalue weighted by atomic mass is 16.5. The van der Waals surface area contributed by atoms with Crippen LogP contribution in [-0.2, 0) is 0 Å². The van der Waals surface area contributed by atoms with Gasteiger partial charge in [0.25, 0.3) is 0 Å². The van der Waals surface area contributed by atoms with Crippen LogP contribution in [0.2, 0.25) is 0 Å². The lowest BCUT2D eigenvalue weighted by Gasteiger charge is -2.09. The molecule has 0 atom stereocenters. The topological polar surface area (TPSA) is 89.1 Å². The van der Waals surface area contributed by atoms with Gasteiger partial charge in [-0.15, -0.1) is 0 Å². The maximum atomic E-state index is 12.3. The number of rotatable bonds is 3. The second-order valence-corrected chi connectivity index (χ2v) is 4.86. The van der Waals surface area contributed by atoms with E-state index in [1.54, 1.807) is 12.1 Å². The number of hydrogen-bond donors (Lipinski definition) is 2. The molecule has 0 fully saturated rings. The van der Waals surface area contributed by atoms with Gasteiger partial charge in [0.15, 0.2) is 28.3 Å². The molecule has 2 aromatic carbocycles. The summed E-state index contributed by atoms with van der Waals surface area (Å²) in [5, 5.41) is 20.0. The first-order chi connectivity index (χ1) is 11.0. The molecular formula is C17H14O6. The Balaban J connectivity index is 2.27. The Morgan fingerprint density at radius 1 is 0.957 bits per heavy atom. The predicted molar refractivity (Wildman–Crippen MR) is 84.4 cm³/mol. The van der Waals surface area contributed by atoms with E-state index in [4.69, 9.17) is 13.9 Å². The summed E-state index contributed by atoms with van der Waals surface area (Å²) in [6, 6.07) is 8.80. The quantitative estimate of drug-likeness (QED) is 0.772. The molecule has 23 heavy (non-hydrogen) atoms. The summed E-state index contributed by atoms with van der Waals surface area (Å²) in [6.45, 7) is 0. The number of phenols is 2. The Morgan fingerprint density at radius 3 is 2.39 bits per heavy atom. The van der Waals surface area contributed by atoms with Gasteiger partial charge in [0.2, 0.25) is 5.75 Å². The molecule has 0 saturated heterocycles. The molecule has 0 spiro atoms. The third-order valence-electron chi connectivity index (χ3n) is 3.50. The normalized spacial score (nSPS) is 10.7. The van der Waals surface area contributed by atoms with Crippen molar-refractivity contribution in [2.45, 2.75) is 0 Å². The van der Waals surface area contributed by atoms with Crippen molar-refractivity contribution in [2.24, 2.45) is 0 Å². The van der Waals surface area contributed by atoms with E-state index in [0.717, 1.165) is 0 Å². The van der Waals surface area contributed by atoms with E-state index in [1.807, 2.05) is 0 Å². The first-order valence-corrected chi connectivity index (χ1v) is 6.76. The lowest BCUT2D eigenvalue weighted by Crippen LogP contribution is -2.01. The molecule has 0 aliphatic carbocycles. The van der Waals surface area contributed by atoms with Crippen LogP contribution in [0.4, 0.5) is 0 Å². The summed E-state index contributed by atoms with van der Waals surface area (Å²) in [5.74, 6) is 0.434. The van der Waals surface area contributed by atoms with Gasteiger partial charge in [-0.1, -0.05) is 0 Å². The molecule has 118 valence electrons. The summed E-state index contributed by atoms with van der Waals surface area (Å²) in [7, 11) is 2.82. The van der Waals surface area contributed by atoms with Gasteiger partial charge < -0.3 is 24.1 Å². The minimum Gasteiger partial charge on any atom is -0.504 e. The van der Waals surface area contributed by atoms with Crippen molar-refractivity contribution in [3.8, 4) is 34.3 Å². The minimum absolute atomic E-state index is 0.0735. The Kier molecular flexibility index (Phi) is 3.57. The predicted octanol–water partition coefficient (Wildman–Crippen LogP) is 2.89. The number of methoxy groups -OCH3 is 2. The fourth-order valence-electron chi connectivity index (χ4n) is 2.37. The van der Waals surface area contributed by atoms with Gasteiger partial charge in [-0.2, -0.15) is 0 Å². The summed E-state index contributed by atoms with van der Waals surface area (Å²) >= 11 is 0. The fraction of sp³-hybridized carbons (Fsp3) is 0.118. The summed E-state index contributed by atoms with van der Waals surface area (Å²) in [4.78, 5) is 12.3. The highest BCUT2D eigenvalue weighted by Gasteiger charge is 2.15. The molecule has 0 aliphatic rings. The monoisotopic (exact) mass is 314 g/mol. The molecule has 3 rings (SSSR count). The SMILES string of the molecule is COc1ccc(-c2cc(=O)c3ccc(O)c(OC)c3o2)cc1O. The molecule has 0 saturated carbocycles. The molecule has 2 N–H and O–H groups in total. The molecule has 0 radical (unpaired) electrons. The van der Waals surface area contributed by atoms with Gasteiger partial charge in [-0.05, 0) is 30.3 Å². The second kappa shape index (κ2) is 5.57. The number of benzene rings is 2. The zero-order chi connectivity index (χ0) is 16.6. The summed E-state index contributed by atoms with van der Waals surface area (Å²) in [6.07, 6.45) is 0. The van der Waals surface area contributed by atoms with Gasteiger partial charge in [-0.3, -0.25) is 4.79 Å². The zero-order valence-corrected chi connectivity index (χ0v) is 12.5. The van der Waals surface area contributed by atoms with E-state index in [1.165, 1.54) is 38.5 Å². The zero-order valence-electron chi connectivity index (χ0n) is 12.5. The van der Waals surface area contributed by atoms with Crippen molar-refractivity contribution < 1.29 is 24.1 Å². The first-order valence-electron chi connectivity index (χ1n) is 6.76. The molecule has 1 aromatic heterocycles. The van der Waals surface area contributed by atoms with Crippen molar-refractivity contribution in [3.63, 3.8) is 0 Å². The lowest BCUT2D eigenvalue weighted by atomic mass is 10.1. The molecular weight excluding hydrogens is 300 g/mol. The number of ether oxygens (including phenoxy) is 2. The van der Waals surface area contributed by atoms with Crippen molar-refractivity contribution in [1.29, 1.82) is 0 Å². The van der Waals surface area contributed by atoms with E-state index >= 15 is 0 Å². The smallest absolute Gasteiger partial charge is 0.204 e. The molecule has 0 unspecified atom stereocenters. The van der Waals surface area contributed by atoms with Crippen LogP contribution in [0.5, 0.6) is 23.0 Å². The maximum absolute atomic E-state index is 12.3. The second-order valence-electron chi connectivity index (χ2n) is 4.86. The van der Waals surface area contributed by atoms with Crippen LogP contribution in [-0.4, -0.2) is 24.4 Å². The average molecular weight is 314 g/mol. The Labute approximate surface area is 131 Å². The van der Waals surface area contributed by atoms with Crippen LogP contribution in [0, 0.1) is 0 Å². The van der Waals surface area contributed by atoms with Crippen LogP contribution in [0.3, 0.4) is 0 Å². The van der Waals surface area contributed by atoms with E-state index in [2.05, 4.69) is 0 Å². The molecule has 0 bridgehead atoms. The largest absolute Gasteiger partial charge is 0.504 e. The Bertz CT molecular complexity index is 942. The number of aromatic hydroxyl groups is 2. The van der Waals surface area contributed by atoms with Gasteiger partial charge in [-0.25, -0.2) is 0 Å². The standard InChI is InChI=1S/C17H14O6/c1-21-14-6-3-9(7-13(14)20)15-8-12(19)10-4-5-11(18)17(22-2)16(10)23-15/h3-8,18,20H,1-2H3. The number of fused-ring (bicyclic) bond motifs is 1. The first kappa shape index (κ1) is 14.8. The number of phenolic OH excluding ortho intramolecular Hbond substituents is 2. The molecule has 6 nitrogen and oxygen atoms in total. The van der Waals surface area contributed by atoms with Crippen LogP contribution < -0.4 is 14.9 Å². The summed E-state index contributed by atoms with van der Waals surface area (Å²) < 4.78 is 15.8. The van der Waals surface area contributed by atoms with Crippen LogP contribution >= 0.6 is 0 Å². The van der Waals surface area contributed by atoms with Crippen LogP contribution in [0.15, 0.2) is 45.6 Å². The van der Waals surface area contributed by atoms with Gasteiger partial charge >= 0.3 is 0 Å². The van der Waals surface area contributed by atoms with Crippen molar-refractivity contribution in [2.75, 3.05) is 14.2 Å². The van der Waals surface area contributed by atoms with E-state index in [-0.39, 0.29) is 34.0 Å². The summed E-state index contributed by atoms with van der Waals surface area (Å²) in [5.41, 5.74) is 0.355. The van der Waals surface area contributed by atoms with E-state index < -0.39 is 0 Å². The molecule has 0 amide bonds. The fourth-order valence-corrected chi connectivity index (χ4v) is 2.37. The molecule has 3 aromatic rings. The van der Waals surface area contributed by atoms with E-state index in [0.29, 0.717) is 16.7 Å². The third kappa shape index (κ3) is 2.44. The van der Waals surface area contributed by atoms with Crippen molar-refractivity contribution >= 4 is 11.0 Å². The van der Waals surface area contributed by atoms with Crippen molar-refractivity contribution in [3.05, 3.63) is 46.6 Å². The lowest BCUT2D eigenvalue weighted by molar-refractivity contribution is 0.370. The highest BCUT2D eigenvalue weighted by molar-refractivity contribution is 5.86. The van der Waals surface area contributed by atoms with Gasteiger partial charge in [0.05, 0.1) is 19.6 Å². The third-order valence-corrected chi connectivity index (χ3v) is 3.50. The number of hydrogen-bond acceptors (Lipinski definition) is 6. The van der Waals surface area contributed by atoms with Gasteiger partial charge in [0.1, 0.15) is 5.76 Å². The van der Waals surface area contributed by atoms with Crippen molar-refractivity contribution in [1.82, 2.24) is 0 Å². The van der Waals surface area contributed by atoms with Crippen LogP contribution in [0.1, 0.15) is 0 Å². The Hall–Kier alpha value is -3.15. The van der Waals surface area contributed by atoms with Gasteiger partial charge in [0, 0.05) is 11.6 Å². The highest BCUT2D eigenvalue weighted by Crippen LogP contribution is 2.36. The minimum atomic E-state index is -0.283. The Morgan fingerprint density at radius 2 is 1.74 bits per heavy atom. The molecule has 0 aliphatic heterocycles. The molecule has 6 heteroatoms.